The van der Waals surface area contributed by atoms with Gasteiger partial charge in [0, 0.05) is 16.3 Å². The van der Waals surface area contributed by atoms with E-state index in [-0.39, 0.29) is 5.60 Å². The standard InChI is InChI=1S/C11H19NOS/c1-11(2,3)13-8-10-6-5-9(14-10)7-12-4/h5-6,12H,7-8H2,1-4H3. The van der Waals surface area contributed by atoms with Crippen molar-refractivity contribution in [3.05, 3.63) is 21.9 Å². The van der Waals surface area contributed by atoms with Crippen LogP contribution in [0.3, 0.4) is 0 Å². The minimum absolute atomic E-state index is 0.0485. The maximum Gasteiger partial charge on any atom is 0.0816 e. The Balaban J connectivity index is 2.44. The van der Waals surface area contributed by atoms with Crippen molar-refractivity contribution in [2.24, 2.45) is 0 Å². The van der Waals surface area contributed by atoms with Crippen molar-refractivity contribution >= 4 is 11.3 Å². The van der Waals surface area contributed by atoms with Gasteiger partial charge in [0.2, 0.25) is 0 Å². The lowest BCUT2D eigenvalue weighted by Gasteiger charge is -2.18. The zero-order valence-electron chi connectivity index (χ0n) is 9.39. The highest BCUT2D eigenvalue weighted by atomic mass is 32.1. The SMILES string of the molecule is CNCc1ccc(COC(C)(C)C)s1. The van der Waals surface area contributed by atoms with E-state index in [0.29, 0.717) is 0 Å². The van der Waals surface area contributed by atoms with Crippen LogP contribution in [0.5, 0.6) is 0 Å². The van der Waals surface area contributed by atoms with Crippen LogP contribution in [0.25, 0.3) is 0 Å². The van der Waals surface area contributed by atoms with Gasteiger partial charge >= 0.3 is 0 Å². The van der Waals surface area contributed by atoms with Crippen molar-refractivity contribution in [2.45, 2.75) is 39.5 Å². The van der Waals surface area contributed by atoms with Gasteiger partial charge in [0.25, 0.3) is 0 Å². The number of hydrogen-bond donors (Lipinski definition) is 1. The van der Waals surface area contributed by atoms with Crippen LogP contribution in [0, 0.1) is 0 Å². The highest BCUT2D eigenvalue weighted by Gasteiger charge is 2.10. The van der Waals surface area contributed by atoms with E-state index in [1.807, 2.05) is 18.4 Å². The van der Waals surface area contributed by atoms with Gasteiger partial charge in [0.05, 0.1) is 12.2 Å². The van der Waals surface area contributed by atoms with Crippen molar-refractivity contribution in [1.82, 2.24) is 5.32 Å². The zero-order chi connectivity index (χ0) is 10.6. The molecule has 0 aliphatic carbocycles. The Hall–Kier alpha value is -0.380. The normalized spacial score (nSPS) is 12.0. The van der Waals surface area contributed by atoms with Crippen molar-refractivity contribution in [3.63, 3.8) is 0 Å². The summed E-state index contributed by atoms with van der Waals surface area (Å²) < 4.78 is 5.70. The summed E-state index contributed by atoms with van der Waals surface area (Å²) in [6, 6.07) is 4.30. The molecule has 1 aromatic heterocycles. The molecule has 0 aliphatic rings. The van der Waals surface area contributed by atoms with Gasteiger partial charge in [0.1, 0.15) is 0 Å². The molecule has 0 unspecified atom stereocenters. The van der Waals surface area contributed by atoms with E-state index in [4.69, 9.17) is 4.74 Å². The highest BCUT2D eigenvalue weighted by Crippen LogP contribution is 2.19. The minimum atomic E-state index is -0.0485. The Kier molecular flexibility index (Phi) is 4.11. The van der Waals surface area contributed by atoms with Crippen LogP contribution >= 0.6 is 11.3 Å². The molecule has 0 fully saturated rings. The fourth-order valence-corrected chi connectivity index (χ4v) is 2.00. The van der Waals surface area contributed by atoms with Crippen LogP contribution in [-0.4, -0.2) is 12.6 Å². The molecule has 0 aromatic carbocycles. The number of rotatable bonds is 4. The lowest BCUT2D eigenvalue weighted by molar-refractivity contribution is -0.0136. The molecular formula is C11H19NOS. The predicted octanol–water partition coefficient (Wildman–Crippen LogP) is 2.78. The monoisotopic (exact) mass is 213 g/mol. The van der Waals surface area contributed by atoms with Gasteiger partial charge in [-0.25, -0.2) is 0 Å². The molecule has 0 aliphatic heterocycles. The molecule has 0 radical (unpaired) electrons. The molecule has 0 saturated heterocycles. The highest BCUT2D eigenvalue weighted by molar-refractivity contribution is 7.11. The predicted molar refractivity (Wildman–Crippen MR) is 61.6 cm³/mol. The Morgan fingerprint density at radius 3 is 2.50 bits per heavy atom. The van der Waals surface area contributed by atoms with E-state index in [0.717, 1.165) is 13.2 Å². The van der Waals surface area contributed by atoms with E-state index < -0.39 is 0 Å². The molecule has 0 bridgehead atoms. The van der Waals surface area contributed by atoms with Crippen LogP contribution in [-0.2, 0) is 17.9 Å². The lowest BCUT2D eigenvalue weighted by Crippen LogP contribution is -2.18. The average Bonchev–Trinajstić information content (AvgIpc) is 2.49. The van der Waals surface area contributed by atoms with Gasteiger partial charge in [-0.15, -0.1) is 11.3 Å². The fraction of sp³-hybridized carbons (Fsp3) is 0.636. The Morgan fingerprint density at radius 2 is 1.93 bits per heavy atom. The third-order valence-corrected chi connectivity index (χ3v) is 2.77. The smallest absolute Gasteiger partial charge is 0.0816 e. The van der Waals surface area contributed by atoms with E-state index in [9.17, 15) is 0 Å². The Morgan fingerprint density at radius 1 is 1.29 bits per heavy atom. The second-order valence-electron chi connectivity index (χ2n) is 4.30. The van der Waals surface area contributed by atoms with Crippen LogP contribution < -0.4 is 5.32 Å². The van der Waals surface area contributed by atoms with Crippen molar-refractivity contribution in [3.8, 4) is 0 Å². The number of thiophene rings is 1. The fourth-order valence-electron chi connectivity index (χ4n) is 1.06. The summed E-state index contributed by atoms with van der Waals surface area (Å²) in [5.41, 5.74) is -0.0485. The van der Waals surface area contributed by atoms with Gasteiger partial charge in [-0.2, -0.15) is 0 Å². The molecule has 1 rings (SSSR count). The van der Waals surface area contributed by atoms with Gasteiger partial charge in [-0.1, -0.05) is 0 Å². The first-order valence-corrected chi connectivity index (χ1v) is 5.69. The molecule has 0 atom stereocenters. The maximum absolute atomic E-state index is 5.70. The van der Waals surface area contributed by atoms with E-state index in [1.54, 1.807) is 0 Å². The maximum atomic E-state index is 5.70. The molecule has 14 heavy (non-hydrogen) atoms. The zero-order valence-corrected chi connectivity index (χ0v) is 10.2. The third-order valence-electron chi connectivity index (χ3n) is 1.72. The van der Waals surface area contributed by atoms with E-state index in [1.165, 1.54) is 9.75 Å². The van der Waals surface area contributed by atoms with Gasteiger partial charge in [0.15, 0.2) is 0 Å². The van der Waals surface area contributed by atoms with Crippen LogP contribution in [0.1, 0.15) is 30.5 Å². The van der Waals surface area contributed by atoms with Crippen molar-refractivity contribution in [2.75, 3.05) is 7.05 Å². The van der Waals surface area contributed by atoms with Crippen molar-refractivity contribution < 1.29 is 4.74 Å². The molecule has 0 saturated carbocycles. The van der Waals surface area contributed by atoms with Gasteiger partial charge in [-0.05, 0) is 40.0 Å². The summed E-state index contributed by atoms with van der Waals surface area (Å²) in [5, 5.41) is 3.14. The largest absolute Gasteiger partial charge is 0.370 e. The van der Waals surface area contributed by atoms with Crippen LogP contribution in [0.4, 0.5) is 0 Å². The first kappa shape index (κ1) is 11.7. The molecule has 1 aromatic rings. The molecule has 0 spiro atoms. The first-order chi connectivity index (χ1) is 6.51. The molecule has 0 amide bonds. The summed E-state index contributed by atoms with van der Waals surface area (Å²) in [7, 11) is 1.96. The number of nitrogens with one attached hydrogen (secondary N) is 1. The molecule has 3 heteroatoms. The average molecular weight is 213 g/mol. The van der Waals surface area contributed by atoms with E-state index >= 15 is 0 Å². The Labute approximate surface area is 90.3 Å². The quantitative estimate of drug-likeness (QED) is 0.830. The van der Waals surface area contributed by atoms with Gasteiger partial charge in [-0.3, -0.25) is 0 Å². The molecule has 1 heterocycles. The first-order valence-electron chi connectivity index (χ1n) is 4.87. The van der Waals surface area contributed by atoms with E-state index in [2.05, 4.69) is 38.2 Å². The number of hydrogen-bond acceptors (Lipinski definition) is 3. The summed E-state index contributed by atoms with van der Waals surface area (Å²) in [5.74, 6) is 0. The molecule has 1 N–H and O–H groups in total. The summed E-state index contributed by atoms with van der Waals surface area (Å²) >= 11 is 1.81. The van der Waals surface area contributed by atoms with Gasteiger partial charge < -0.3 is 10.1 Å². The minimum Gasteiger partial charge on any atom is -0.370 e. The summed E-state index contributed by atoms with van der Waals surface area (Å²) in [6.45, 7) is 7.90. The third kappa shape index (κ3) is 4.22. The number of ether oxygens (including phenoxy) is 1. The van der Waals surface area contributed by atoms with Crippen LogP contribution in [0.15, 0.2) is 12.1 Å². The summed E-state index contributed by atoms with van der Waals surface area (Å²) in [4.78, 5) is 2.66. The van der Waals surface area contributed by atoms with Crippen LogP contribution in [0.2, 0.25) is 0 Å². The second-order valence-corrected chi connectivity index (χ2v) is 5.55. The Bertz CT molecular complexity index is 275. The molecule has 80 valence electrons. The topological polar surface area (TPSA) is 21.3 Å². The second kappa shape index (κ2) is 4.91. The summed E-state index contributed by atoms with van der Waals surface area (Å²) in [6.07, 6.45) is 0. The lowest BCUT2D eigenvalue weighted by atomic mass is 10.2. The van der Waals surface area contributed by atoms with Crippen molar-refractivity contribution in [1.29, 1.82) is 0 Å². The molecular weight excluding hydrogens is 194 g/mol. The molecule has 2 nitrogen and oxygen atoms in total.